The van der Waals surface area contributed by atoms with Crippen LogP contribution in [0.2, 0.25) is 0 Å². The van der Waals surface area contributed by atoms with Crippen LogP contribution in [0.25, 0.3) is 0 Å². The summed E-state index contributed by atoms with van der Waals surface area (Å²) >= 11 is 0. The van der Waals surface area contributed by atoms with Crippen LogP contribution in [0.1, 0.15) is 39.0 Å². The molecule has 1 heterocycles. The highest BCUT2D eigenvalue weighted by molar-refractivity contribution is 5.83. The van der Waals surface area contributed by atoms with Crippen LogP contribution in [0.5, 0.6) is 0 Å². The summed E-state index contributed by atoms with van der Waals surface area (Å²) in [5, 5.41) is 15.4. The fraction of sp³-hybridized carbons (Fsp3) is 0.846. The molecule has 2 fully saturated rings. The summed E-state index contributed by atoms with van der Waals surface area (Å²) in [6, 6.07) is -1.02. The van der Waals surface area contributed by atoms with Crippen LogP contribution in [-0.2, 0) is 4.79 Å². The van der Waals surface area contributed by atoms with Gasteiger partial charge in [-0.05, 0) is 19.8 Å². The zero-order valence-electron chi connectivity index (χ0n) is 11.4. The molecule has 0 bridgehead atoms. The minimum absolute atomic E-state index is 0.209. The Morgan fingerprint density at radius 3 is 2.58 bits per heavy atom. The second kappa shape index (κ2) is 6.23. The van der Waals surface area contributed by atoms with Crippen molar-refractivity contribution >= 4 is 12.0 Å². The zero-order valence-corrected chi connectivity index (χ0v) is 11.4. The minimum Gasteiger partial charge on any atom is -0.480 e. The van der Waals surface area contributed by atoms with Crippen molar-refractivity contribution < 1.29 is 14.7 Å². The van der Waals surface area contributed by atoms with E-state index in [2.05, 4.69) is 10.6 Å². The summed E-state index contributed by atoms with van der Waals surface area (Å²) in [7, 11) is 0. The van der Waals surface area contributed by atoms with Crippen molar-refractivity contribution in [1.82, 2.24) is 15.5 Å². The van der Waals surface area contributed by atoms with Gasteiger partial charge in [0.1, 0.15) is 6.04 Å². The topological polar surface area (TPSA) is 81.7 Å². The molecule has 2 rings (SSSR count). The Balaban J connectivity index is 1.97. The van der Waals surface area contributed by atoms with Gasteiger partial charge in [-0.1, -0.05) is 19.3 Å². The van der Waals surface area contributed by atoms with Crippen LogP contribution < -0.4 is 10.6 Å². The normalized spacial score (nSPS) is 29.0. The summed E-state index contributed by atoms with van der Waals surface area (Å²) < 4.78 is 0. The average Bonchev–Trinajstić information content (AvgIpc) is 2.39. The zero-order chi connectivity index (χ0) is 13.8. The number of carbonyl (C=O) groups is 2. The predicted octanol–water partition coefficient (Wildman–Crippen LogP) is 0.776. The smallest absolute Gasteiger partial charge is 0.328 e. The molecule has 6 heteroatoms. The van der Waals surface area contributed by atoms with E-state index in [1.54, 1.807) is 6.92 Å². The Hall–Kier alpha value is -1.30. The van der Waals surface area contributed by atoms with Crippen molar-refractivity contribution in [3.05, 3.63) is 0 Å². The lowest BCUT2D eigenvalue weighted by molar-refractivity contribution is -0.144. The van der Waals surface area contributed by atoms with Crippen LogP contribution in [-0.4, -0.2) is 53.2 Å². The first-order valence-corrected chi connectivity index (χ1v) is 7.13. The molecule has 19 heavy (non-hydrogen) atoms. The lowest BCUT2D eigenvalue weighted by Gasteiger charge is -2.39. The number of nitrogens with zero attached hydrogens (tertiary/aromatic N) is 1. The number of hydrogen-bond donors (Lipinski definition) is 3. The van der Waals surface area contributed by atoms with E-state index in [1.165, 1.54) is 11.3 Å². The van der Waals surface area contributed by atoms with E-state index in [1.807, 2.05) is 0 Å². The third kappa shape index (κ3) is 3.37. The molecular formula is C13H23N3O3. The third-order valence-electron chi connectivity index (χ3n) is 4.08. The van der Waals surface area contributed by atoms with Gasteiger partial charge >= 0.3 is 12.0 Å². The summed E-state index contributed by atoms with van der Waals surface area (Å²) in [5.74, 6) is -0.946. The third-order valence-corrected chi connectivity index (χ3v) is 4.08. The molecule has 0 aromatic heterocycles. The van der Waals surface area contributed by atoms with Crippen molar-refractivity contribution in [3.63, 3.8) is 0 Å². The maximum atomic E-state index is 12.3. The van der Waals surface area contributed by atoms with Gasteiger partial charge in [0.25, 0.3) is 0 Å². The predicted molar refractivity (Wildman–Crippen MR) is 71.0 cm³/mol. The molecular weight excluding hydrogens is 246 g/mol. The van der Waals surface area contributed by atoms with Crippen LogP contribution in [0.4, 0.5) is 4.79 Å². The quantitative estimate of drug-likeness (QED) is 0.692. The molecule has 2 amide bonds. The molecule has 1 aliphatic heterocycles. The van der Waals surface area contributed by atoms with Gasteiger partial charge in [0.15, 0.2) is 0 Å². The summed E-state index contributed by atoms with van der Waals surface area (Å²) in [6.45, 7) is 2.89. The summed E-state index contributed by atoms with van der Waals surface area (Å²) in [6.07, 6.45) is 5.53. The van der Waals surface area contributed by atoms with Crippen molar-refractivity contribution in [2.24, 2.45) is 0 Å². The van der Waals surface area contributed by atoms with Gasteiger partial charge in [-0.15, -0.1) is 0 Å². The van der Waals surface area contributed by atoms with Gasteiger partial charge in [0.2, 0.25) is 0 Å². The highest BCUT2D eigenvalue weighted by Gasteiger charge is 2.37. The molecule has 6 nitrogen and oxygen atoms in total. The van der Waals surface area contributed by atoms with E-state index in [-0.39, 0.29) is 18.1 Å². The summed E-state index contributed by atoms with van der Waals surface area (Å²) in [5.41, 5.74) is 0. The van der Waals surface area contributed by atoms with Crippen molar-refractivity contribution in [2.75, 3.05) is 13.1 Å². The number of aliphatic carboxylic acids is 1. The van der Waals surface area contributed by atoms with Crippen molar-refractivity contribution in [1.29, 1.82) is 0 Å². The van der Waals surface area contributed by atoms with E-state index >= 15 is 0 Å². The number of urea groups is 1. The Kier molecular flexibility index (Phi) is 4.63. The van der Waals surface area contributed by atoms with E-state index in [9.17, 15) is 14.7 Å². The van der Waals surface area contributed by atoms with Gasteiger partial charge in [0.05, 0.1) is 0 Å². The highest BCUT2D eigenvalue weighted by Crippen LogP contribution is 2.18. The maximum Gasteiger partial charge on any atom is 0.328 e. The molecule has 3 N–H and O–H groups in total. The number of carbonyl (C=O) groups excluding carboxylic acids is 1. The molecule has 1 saturated heterocycles. The SMILES string of the molecule is CC1NCCN(C(=O)NC2CCCCC2)C1C(=O)O. The fourth-order valence-electron chi connectivity index (χ4n) is 3.01. The lowest BCUT2D eigenvalue weighted by Crippen LogP contribution is -2.64. The number of hydrogen-bond acceptors (Lipinski definition) is 3. The van der Waals surface area contributed by atoms with Crippen molar-refractivity contribution in [2.45, 2.75) is 57.2 Å². The minimum atomic E-state index is -0.946. The van der Waals surface area contributed by atoms with Crippen LogP contribution in [0, 0.1) is 0 Å². The number of carboxylic acids is 1. The van der Waals surface area contributed by atoms with Gasteiger partial charge in [-0.25, -0.2) is 9.59 Å². The first-order valence-electron chi connectivity index (χ1n) is 7.13. The van der Waals surface area contributed by atoms with E-state index in [4.69, 9.17) is 0 Å². The van der Waals surface area contributed by atoms with Gasteiger partial charge in [-0.3, -0.25) is 0 Å². The van der Waals surface area contributed by atoms with Gasteiger partial charge in [0, 0.05) is 25.2 Å². The van der Waals surface area contributed by atoms with Crippen LogP contribution in [0.3, 0.4) is 0 Å². The van der Waals surface area contributed by atoms with Crippen molar-refractivity contribution in [3.8, 4) is 0 Å². The van der Waals surface area contributed by atoms with E-state index in [0.717, 1.165) is 25.7 Å². The highest BCUT2D eigenvalue weighted by atomic mass is 16.4. The molecule has 1 aliphatic carbocycles. The second-order valence-electron chi connectivity index (χ2n) is 5.50. The van der Waals surface area contributed by atoms with Gasteiger partial charge < -0.3 is 20.6 Å². The first kappa shape index (κ1) is 14.1. The molecule has 0 aromatic carbocycles. The monoisotopic (exact) mass is 269 g/mol. The molecule has 0 spiro atoms. The first-order chi connectivity index (χ1) is 9.09. The van der Waals surface area contributed by atoms with Crippen LogP contribution in [0.15, 0.2) is 0 Å². The lowest BCUT2D eigenvalue weighted by atomic mass is 9.95. The van der Waals surface area contributed by atoms with Crippen LogP contribution >= 0.6 is 0 Å². The number of nitrogens with one attached hydrogen (secondary N) is 2. The number of carboxylic acid groups (broad SMARTS) is 1. The Morgan fingerprint density at radius 1 is 1.26 bits per heavy atom. The second-order valence-corrected chi connectivity index (χ2v) is 5.50. The fourth-order valence-corrected chi connectivity index (χ4v) is 3.01. The number of piperazine rings is 1. The Bertz CT molecular complexity index is 342. The molecule has 2 atom stereocenters. The largest absolute Gasteiger partial charge is 0.480 e. The Labute approximate surface area is 113 Å². The maximum absolute atomic E-state index is 12.3. The number of rotatable bonds is 2. The molecule has 1 saturated carbocycles. The Morgan fingerprint density at radius 2 is 1.95 bits per heavy atom. The molecule has 0 radical (unpaired) electrons. The molecule has 2 aliphatic rings. The standard InChI is InChI=1S/C13H23N3O3/c1-9-11(12(17)18)16(8-7-14-9)13(19)15-10-5-3-2-4-6-10/h9-11,14H,2-8H2,1H3,(H,15,19)(H,17,18). The molecule has 0 aromatic rings. The molecule has 2 unspecified atom stereocenters. The summed E-state index contributed by atoms with van der Waals surface area (Å²) in [4.78, 5) is 25.0. The van der Waals surface area contributed by atoms with E-state index < -0.39 is 12.0 Å². The molecule has 108 valence electrons. The average molecular weight is 269 g/mol. The number of amides is 2. The van der Waals surface area contributed by atoms with Gasteiger partial charge in [-0.2, -0.15) is 0 Å². The van der Waals surface area contributed by atoms with E-state index in [0.29, 0.717) is 13.1 Å².